The molecule has 2 aromatic rings. The summed E-state index contributed by atoms with van der Waals surface area (Å²) in [6, 6.07) is 13.0. The molecule has 2 aromatic carbocycles. The van der Waals surface area contributed by atoms with Crippen molar-refractivity contribution >= 4 is 17.7 Å². The normalized spacial score (nSPS) is 17.7. The van der Waals surface area contributed by atoms with E-state index in [9.17, 15) is 13.6 Å². The molecule has 0 saturated carbocycles. The Bertz CT molecular complexity index is 809. The summed E-state index contributed by atoms with van der Waals surface area (Å²) in [5.74, 6) is -0.242. The monoisotopic (exact) mass is 372 g/mol. The van der Waals surface area contributed by atoms with Crippen molar-refractivity contribution in [3.63, 3.8) is 0 Å². The standard InChI is InChI=1S/C21H22F2N2O2/c1-16(24-20(26)11-10-17-6-3-2-4-7-17)18-8-5-9-19(14-18)25-12-13-27-15-21(25,22)23/h2-11,14,16H,12-13,15H2,1H3,(H,24,26)/b11-10+/t16-/m0/s1. The van der Waals surface area contributed by atoms with Crippen molar-refractivity contribution in [3.05, 3.63) is 71.8 Å². The van der Waals surface area contributed by atoms with Gasteiger partial charge >= 0.3 is 6.05 Å². The van der Waals surface area contributed by atoms with E-state index in [0.717, 1.165) is 16.0 Å². The second-order valence-corrected chi connectivity index (χ2v) is 6.44. The maximum atomic E-state index is 14.1. The van der Waals surface area contributed by atoms with Gasteiger partial charge in [0, 0.05) is 18.3 Å². The lowest BCUT2D eigenvalue weighted by atomic mass is 10.1. The lowest BCUT2D eigenvalue weighted by molar-refractivity contribution is -0.117. The number of benzene rings is 2. The molecule has 0 radical (unpaired) electrons. The van der Waals surface area contributed by atoms with Gasteiger partial charge in [0.25, 0.3) is 0 Å². The molecule has 1 aliphatic rings. The molecule has 0 unspecified atom stereocenters. The highest BCUT2D eigenvalue weighted by atomic mass is 19.3. The zero-order valence-electron chi connectivity index (χ0n) is 15.1. The average Bonchev–Trinajstić information content (AvgIpc) is 2.67. The molecule has 1 N–H and O–H groups in total. The molecular weight excluding hydrogens is 350 g/mol. The lowest BCUT2D eigenvalue weighted by Gasteiger charge is -2.36. The molecule has 1 atom stereocenters. The Hall–Kier alpha value is -2.73. The number of hydrogen-bond donors (Lipinski definition) is 1. The van der Waals surface area contributed by atoms with Crippen molar-refractivity contribution in [1.29, 1.82) is 0 Å². The van der Waals surface area contributed by atoms with E-state index in [4.69, 9.17) is 4.74 Å². The number of carbonyl (C=O) groups is 1. The summed E-state index contributed by atoms with van der Waals surface area (Å²) in [5.41, 5.74) is 2.11. The van der Waals surface area contributed by atoms with Gasteiger partial charge in [0.05, 0.1) is 12.6 Å². The number of amides is 1. The first-order valence-electron chi connectivity index (χ1n) is 8.82. The fourth-order valence-corrected chi connectivity index (χ4v) is 2.95. The third-order valence-electron chi connectivity index (χ3n) is 4.40. The Morgan fingerprint density at radius 2 is 2.00 bits per heavy atom. The summed E-state index contributed by atoms with van der Waals surface area (Å²) in [4.78, 5) is 13.2. The number of alkyl halides is 2. The van der Waals surface area contributed by atoms with Gasteiger partial charge in [-0.3, -0.25) is 4.79 Å². The quantitative estimate of drug-likeness (QED) is 0.637. The molecule has 1 aliphatic heterocycles. The predicted molar refractivity (Wildman–Crippen MR) is 102 cm³/mol. The molecule has 1 amide bonds. The molecule has 0 aromatic heterocycles. The SMILES string of the molecule is C[C@H](NC(=O)/C=C/c1ccccc1)c1cccc(N2CCOCC2(F)F)c1. The Kier molecular flexibility index (Phi) is 5.86. The zero-order chi connectivity index (χ0) is 19.3. The first kappa shape index (κ1) is 19.0. The molecule has 0 spiro atoms. The summed E-state index contributed by atoms with van der Waals surface area (Å²) < 4.78 is 33.0. The predicted octanol–water partition coefficient (Wildman–Crippen LogP) is 4.01. The van der Waals surface area contributed by atoms with Gasteiger partial charge < -0.3 is 15.0 Å². The van der Waals surface area contributed by atoms with E-state index >= 15 is 0 Å². The van der Waals surface area contributed by atoms with Crippen molar-refractivity contribution in [2.45, 2.75) is 19.0 Å². The van der Waals surface area contributed by atoms with Crippen LogP contribution in [0.4, 0.5) is 14.5 Å². The lowest BCUT2D eigenvalue weighted by Crippen LogP contribution is -2.51. The van der Waals surface area contributed by atoms with E-state index in [-0.39, 0.29) is 25.1 Å². The number of anilines is 1. The number of morpholine rings is 1. The minimum absolute atomic E-state index is 0.122. The second kappa shape index (κ2) is 8.31. The van der Waals surface area contributed by atoms with Crippen LogP contribution in [0.25, 0.3) is 6.08 Å². The number of rotatable bonds is 5. The zero-order valence-corrected chi connectivity index (χ0v) is 15.1. The molecule has 4 nitrogen and oxygen atoms in total. The van der Waals surface area contributed by atoms with Crippen molar-refractivity contribution in [3.8, 4) is 0 Å². The summed E-state index contributed by atoms with van der Waals surface area (Å²) in [7, 11) is 0. The van der Waals surface area contributed by atoms with Crippen LogP contribution in [0.15, 0.2) is 60.7 Å². The summed E-state index contributed by atoms with van der Waals surface area (Å²) in [5, 5.41) is 2.86. The number of nitrogens with one attached hydrogen (secondary N) is 1. The van der Waals surface area contributed by atoms with Gasteiger partial charge in [0.15, 0.2) is 0 Å². The minimum Gasteiger partial charge on any atom is -0.371 e. The summed E-state index contributed by atoms with van der Waals surface area (Å²) in [6.45, 7) is 1.59. The van der Waals surface area contributed by atoms with Crippen LogP contribution < -0.4 is 10.2 Å². The minimum atomic E-state index is -3.04. The molecule has 0 bridgehead atoms. The third-order valence-corrected chi connectivity index (χ3v) is 4.40. The molecule has 6 heteroatoms. The van der Waals surface area contributed by atoms with E-state index in [1.807, 2.05) is 43.3 Å². The second-order valence-electron chi connectivity index (χ2n) is 6.44. The van der Waals surface area contributed by atoms with E-state index in [1.165, 1.54) is 6.08 Å². The van der Waals surface area contributed by atoms with Gasteiger partial charge in [0.2, 0.25) is 5.91 Å². The van der Waals surface area contributed by atoms with Gasteiger partial charge in [-0.25, -0.2) is 0 Å². The van der Waals surface area contributed by atoms with Crippen molar-refractivity contribution in [2.75, 3.05) is 24.7 Å². The third kappa shape index (κ3) is 4.92. The first-order valence-corrected chi connectivity index (χ1v) is 8.82. The number of halogens is 2. The Labute approximate surface area is 157 Å². The van der Waals surface area contributed by atoms with Crippen LogP contribution in [0.2, 0.25) is 0 Å². The highest BCUT2D eigenvalue weighted by molar-refractivity contribution is 5.91. The van der Waals surface area contributed by atoms with Gasteiger partial charge in [-0.15, -0.1) is 0 Å². The van der Waals surface area contributed by atoms with Crippen LogP contribution in [-0.4, -0.2) is 31.7 Å². The van der Waals surface area contributed by atoms with Gasteiger partial charge in [-0.05, 0) is 36.3 Å². The largest absolute Gasteiger partial charge is 0.371 e. The highest BCUT2D eigenvalue weighted by Crippen LogP contribution is 2.31. The van der Waals surface area contributed by atoms with Gasteiger partial charge in [-0.2, -0.15) is 8.78 Å². The van der Waals surface area contributed by atoms with Crippen LogP contribution in [0.3, 0.4) is 0 Å². The smallest absolute Gasteiger partial charge is 0.348 e. The number of ether oxygens (including phenoxy) is 1. The highest BCUT2D eigenvalue weighted by Gasteiger charge is 2.40. The molecule has 3 rings (SSSR count). The number of nitrogens with zero attached hydrogens (tertiary/aromatic N) is 1. The van der Waals surface area contributed by atoms with Crippen LogP contribution in [-0.2, 0) is 9.53 Å². The van der Waals surface area contributed by atoms with Crippen molar-refractivity contribution in [1.82, 2.24) is 5.32 Å². The maximum absolute atomic E-state index is 14.1. The summed E-state index contributed by atoms with van der Waals surface area (Å²) in [6.07, 6.45) is 3.19. The average molecular weight is 372 g/mol. The van der Waals surface area contributed by atoms with Crippen LogP contribution in [0.5, 0.6) is 0 Å². The Balaban J connectivity index is 1.67. The number of hydrogen-bond acceptors (Lipinski definition) is 3. The van der Waals surface area contributed by atoms with E-state index in [2.05, 4.69) is 5.32 Å². The van der Waals surface area contributed by atoms with Crippen LogP contribution >= 0.6 is 0 Å². The van der Waals surface area contributed by atoms with Gasteiger partial charge in [-0.1, -0.05) is 42.5 Å². The maximum Gasteiger partial charge on any atom is 0.348 e. The molecule has 142 valence electrons. The van der Waals surface area contributed by atoms with Gasteiger partial charge in [0.1, 0.15) is 6.61 Å². The fourth-order valence-electron chi connectivity index (χ4n) is 2.95. The van der Waals surface area contributed by atoms with Crippen LogP contribution in [0, 0.1) is 0 Å². The summed E-state index contributed by atoms with van der Waals surface area (Å²) >= 11 is 0. The first-order chi connectivity index (χ1) is 13.0. The molecule has 0 aliphatic carbocycles. The number of carbonyl (C=O) groups excluding carboxylic acids is 1. The Morgan fingerprint density at radius 3 is 2.74 bits per heavy atom. The Morgan fingerprint density at radius 1 is 1.22 bits per heavy atom. The van der Waals surface area contributed by atoms with E-state index in [0.29, 0.717) is 5.69 Å². The molecular formula is C21H22F2N2O2. The molecule has 1 saturated heterocycles. The van der Waals surface area contributed by atoms with E-state index in [1.54, 1.807) is 24.3 Å². The molecule has 1 fully saturated rings. The van der Waals surface area contributed by atoms with Crippen molar-refractivity contribution in [2.24, 2.45) is 0 Å². The van der Waals surface area contributed by atoms with Crippen LogP contribution in [0.1, 0.15) is 24.1 Å². The fraction of sp³-hybridized carbons (Fsp3) is 0.286. The van der Waals surface area contributed by atoms with E-state index < -0.39 is 12.7 Å². The molecule has 27 heavy (non-hydrogen) atoms. The topological polar surface area (TPSA) is 41.6 Å². The van der Waals surface area contributed by atoms with Crippen molar-refractivity contribution < 1.29 is 18.3 Å². The molecule has 1 heterocycles.